The molecule has 2 fully saturated rings. The van der Waals surface area contributed by atoms with Crippen molar-refractivity contribution in [2.45, 2.75) is 32.1 Å². The molecular formula is C20H26N2O2. The van der Waals surface area contributed by atoms with Crippen LogP contribution in [0.3, 0.4) is 0 Å². The van der Waals surface area contributed by atoms with Gasteiger partial charge in [0.1, 0.15) is 0 Å². The minimum absolute atomic E-state index is 0.0311. The van der Waals surface area contributed by atoms with E-state index in [1.807, 2.05) is 46.2 Å². The summed E-state index contributed by atoms with van der Waals surface area (Å²) in [6.45, 7) is 2.60. The maximum absolute atomic E-state index is 12.5. The maximum Gasteiger partial charge on any atom is 0.246 e. The first kappa shape index (κ1) is 16.7. The average Bonchev–Trinajstić information content (AvgIpc) is 2.67. The fraction of sp³-hybridized carbons (Fsp3) is 0.500. The van der Waals surface area contributed by atoms with Crippen LogP contribution in [0.5, 0.6) is 0 Å². The van der Waals surface area contributed by atoms with Gasteiger partial charge in [-0.05, 0) is 24.5 Å². The smallest absolute Gasteiger partial charge is 0.246 e. The Morgan fingerprint density at radius 2 is 1.50 bits per heavy atom. The van der Waals surface area contributed by atoms with Gasteiger partial charge in [-0.25, -0.2) is 0 Å². The van der Waals surface area contributed by atoms with Crippen molar-refractivity contribution in [2.75, 3.05) is 26.2 Å². The number of rotatable bonds is 3. The second-order valence-electron chi connectivity index (χ2n) is 6.73. The van der Waals surface area contributed by atoms with Gasteiger partial charge in [0.25, 0.3) is 0 Å². The van der Waals surface area contributed by atoms with E-state index in [0.29, 0.717) is 32.1 Å². The maximum atomic E-state index is 12.5. The van der Waals surface area contributed by atoms with E-state index in [0.717, 1.165) is 18.4 Å². The summed E-state index contributed by atoms with van der Waals surface area (Å²) in [6, 6.07) is 9.83. The number of hydrogen-bond donors (Lipinski definition) is 0. The molecule has 1 aromatic rings. The SMILES string of the molecule is O=C(/C=C/c1ccccc1)N1CCN(C(=O)C2CCCCC2)CC1. The minimum atomic E-state index is 0.0311. The first-order chi connectivity index (χ1) is 11.7. The van der Waals surface area contributed by atoms with E-state index in [-0.39, 0.29) is 11.8 Å². The summed E-state index contributed by atoms with van der Waals surface area (Å²) in [4.78, 5) is 28.6. The molecule has 1 saturated carbocycles. The molecule has 1 heterocycles. The highest BCUT2D eigenvalue weighted by Crippen LogP contribution is 2.25. The van der Waals surface area contributed by atoms with Gasteiger partial charge in [-0.3, -0.25) is 9.59 Å². The van der Waals surface area contributed by atoms with E-state index in [9.17, 15) is 9.59 Å². The molecule has 0 radical (unpaired) electrons. The van der Waals surface area contributed by atoms with Crippen LogP contribution in [0.1, 0.15) is 37.7 Å². The minimum Gasteiger partial charge on any atom is -0.339 e. The molecule has 0 N–H and O–H groups in total. The second kappa shape index (κ2) is 8.13. The van der Waals surface area contributed by atoms with Gasteiger partial charge in [-0.1, -0.05) is 49.6 Å². The third kappa shape index (κ3) is 4.25. The van der Waals surface area contributed by atoms with E-state index < -0.39 is 0 Å². The first-order valence-electron chi connectivity index (χ1n) is 9.05. The molecule has 0 aromatic heterocycles. The van der Waals surface area contributed by atoms with E-state index >= 15 is 0 Å². The van der Waals surface area contributed by atoms with Crippen molar-refractivity contribution in [3.63, 3.8) is 0 Å². The van der Waals surface area contributed by atoms with Gasteiger partial charge >= 0.3 is 0 Å². The van der Waals surface area contributed by atoms with Gasteiger partial charge in [0, 0.05) is 38.2 Å². The summed E-state index contributed by atoms with van der Waals surface area (Å²) >= 11 is 0. The van der Waals surface area contributed by atoms with Crippen molar-refractivity contribution in [1.82, 2.24) is 9.80 Å². The van der Waals surface area contributed by atoms with Crippen LogP contribution in [0, 0.1) is 5.92 Å². The zero-order valence-corrected chi connectivity index (χ0v) is 14.2. The predicted octanol–water partition coefficient (Wildman–Crippen LogP) is 2.95. The monoisotopic (exact) mass is 326 g/mol. The Balaban J connectivity index is 1.48. The number of hydrogen-bond acceptors (Lipinski definition) is 2. The van der Waals surface area contributed by atoms with Gasteiger partial charge in [0.05, 0.1) is 0 Å². The highest BCUT2D eigenvalue weighted by atomic mass is 16.2. The van der Waals surface area contributed by atoms with Crippen molar-refractivity contribution >= 4 is 17.9 Å². The predicted molar refractivity (Wildman–Crippen MR) is 95.2 cm³/mol. The Labute approximate surface area is 144 Å². The Kier molecular flexibility index (Phi) is 5.68. The second-order valence-corrected chi connectivity index (χ2v) is 6.73. The zero-order chi connectivity index (χ0) is 16.8. The van der Waals surface area contributed by atoms with Crippen molar-refractivity contribution in [3.05, 3.63) is 42.0 Å². The van der Waals surface area contributed by atoms with Crippen LogP contribution in [0.15, 0.2) is 36.4 Å². The Morgan fingerprint density at radius 1 is 0.875 bits per heavy atom. The lowest BCUT2D eigenvalue weighted by Crippen LogP contribution is -2.51. The van der Waals surface area contributed by atoms with Crippen LogP contribution >= 0.6 is 0 Å². The molecule has 1 aliphatic heterocycles. The molecule has 4 nitrogen and oxygen atoms in total. The summed E-state index contributed by atoms with van der Waals surface area (Å²) in [5.41, 5.74) is 1.02. The Morgan fingerprint density at radius 3 is 2.17 bits per heavy atom. The lowest BCUT2D eigenvalue weighted by atomic mass is 9.88. The molecule has 128 valence electrons. The van der Waals surface area contributed by atoms with Crippen LogP contribution in [0.2, 0.25) is 0 Å². The van der Waals surface area contributed by atoms with Crippen LogP contribution in [0.25, 0.3) is 6.08 Å². The molecule has 4 heteroatoms. The fourth-order valence-corrected chi connectivity index (χ4v) is 3.59. The molecule has 0 bridgehead atoms. The summed E-state index contributed by atoms with van der Waals surface area (Å²) in [5.74, 6) is 0.559. The van der Waals surface area contributed by atoms with E-state index in [4.69, 9.17) is 0 Å². The Bertz CT molecular complexity index is 583. The van der Waals surface area contributed by atoms with E-state index in [1.165, 1.54) is 19.3 Å². The molecule has 0 atom stereocenters. The standard InChI is InChI=1S/C20H26N2O2/c23-19(12-11-17-7-3-1-4-8-17)21-13-15-22(16-14-21)20(24)18-9-5-2-6-10-18/h1,3-4,7-8,11-12,18H,2,5-6,9-10,13-16H2/b12-11+. The van der Waals surface area contributed by atoms with Crippen LogP contribution < -0.4 is 0 Å². The number of carbonyl (C=O) groups is 2. The van der Waals surface area contributed by atoms with Gasteiger partial charge in [-0.2, -0.15) is 0 Å². The molecule has 0 unspecified atom stereocenters. The lowest BCUT2D eigenvalue weighted by molar-refractivity contribution is -0.141. The quantitative estimate of drug-likeness (QED) is 0.801. The largest absolute Gasteiger partial charge is 0.339 e. The van der Waals surface area contributed by atoms with Gasteiger partial charge in [0.2, 0.25) is 11.8 Å². The number of carbonyl (C=O) groups excluding carboxylic acids is 2. The molecule has 3 rings (SSSR count). The number of nitrogens with zero attached hydrogens (tertiary/aromatic N) is 2. The van der Waals surface area contributed by atoms with Gasteiger partial charge < -0.3 is 9.80 Å². The molecule has 1 aromatic carbocycles. The molecule has 1 saturated heterocycles. The molecule has 2 aliphatic rings. The molecule has 0 spiro atoms. The highest BCUT2D eigenvalue weighted by molar-refractivity contribution is 5.92. The lowest BCUT2D eigenvalue weighted by Gasteiger charge is -2.36. The molecule has 24 heavy (non-hydrogen) atoms. The highest BCUT2D eigenvalue weighted by Gasteiger charge is 2.29. The normalized spacial score (nSPS) is 19.7. The first-order valence-corrected chi connectivity index (χ1v) is 9.05. The number of piperazine rings is 1. The summed E-state index contributed by atoms with van der Waals surface area (Å²) in [6.07, 6.45) is 9.18. The summed E-state index contributed by atoms with van der Waals surface area (Å²) in [7, 11) is 0. The van der Waals surface area contributed by atoms with Crippen LogP contribution in [-0.4, -0.2) is 47.8 Å². The molecular weight excluding hydrogens is 300 g/mol. The topological polar surface area (TPSA) is 40.6 Å². The molecule has 2 amide bonds. The molecule has 1 aliphatic carbocycles. The van der Waals surface area contributed by atoms with Crippen molar-refractivity contribution in [2.24, 2.45) is 5.92 Å². The van der Waals surface area contributed by atoms with Gasteiger partial charge in [0.15, 0.2) is 0 Å². The summed E-state index contributed by atoms with van der Waals surface area (Å²) in [5, 5.41) is 0. The fourth-order valence-electron chi connectivity index (χ4n) is 3.59. The van der Waals surface area contributed by atoms with E-state index in [2.05, 4.69) is 0 Å². The van der Waals surface area contributed by atoms with Crippen molar-refractivity contribution in [3.8, 4) is 0 Å². The number of amides is 2. The average molecular weight is 326 g/mol. The van der Waals surface area contributed by atoms with Crippen molar-refractivity contribution < 1.29 is 9.59 Å². The van der Waals surface area contributed by atoms with E-state index in [1.54, 1.807) is 6.08 Å². The number of benzene rings is 1. The van der Waals surface area contributed by atoms with Crippen LogP contribution in [0.4, 0.5) is 0 Å². The van der Waals surface area contributed by atoms with Crippen LogP contribution in [-0.2, 0) is 9.59 Å². The Hall–Kier alpha value is -2.10. The third-order valence-electron chi connectivity index (χ3n) is 5.08. The third-order valence-corrected chi connectivity index (χ3v) is 5.08. The van der Waals surface area contributed by atoms with Gasteiger partial charge in [-0.15, -0.1) is 0 Å². The zero-order valence-electron chi connectivity index (χ0n) is 14.2. The summed E-state index contributed by atoms with van der Waals surface area (Å²) < 4.78 is 0. The van der Waals surface area contributed by atoms with Crippen molar-refractivity contribution in [1.29, 1.82) is 0 Å².